The van der Waals surface area contributed by atoms with Gasteiger partial charge in [0.1, 0.15) is 0 Å². The van der Waals surface area contributed by atoms with Crippen LogP contribution in [-0.4, -0.2) is 10.5 Å². The predicted octanol–water partition coefficient (Wildman–Crippen LogP) is 3.17. The van der Waals surface area contributed by atoms with Crippen molar-refractivity contribution in [3.8, 4) is 0 Å². The summed E-state index contributed by atoms with van der Waals surface area (Å²) in [5, 5.41) is 0.754. The summed E-state index contributed by atoms with van der Waals surface area (Å²) in [6.07, 6.45) is 9.01. The Morgan fingerprint density at radius 2 is 2.31 bits per heavy atom. The molecule has 1 aliphatic rings. The number of hydrogen-bond donors (Lipinski definition) is 1. The van der Waals surface area contributed by atoms with Gasteiger partial charge in [-0.15, -0.1) is 0 Å². The summed E-state index contributed by atoms with van der Waals surface area (Å²) < 4.78 is 0.976. The van der Waals surface area contributed by atoms with E-state index >= 15 is 0 Å². The predicted molar refractivity (Wildman–Crippen MR) is 70.3 cm³/mol. The summed E-state index contributed by atoms with van der Waals surface area (Å²) in [6, 6.07) is 3.95. The van der Waals surface area contributed by atoms with Crippen molar-refractivity contribution < 1.29 is 0 Å². The van der Waals surface area contributed by atoms with Crippen LogP contribution in [0.15, 0.2) is 46.1 Å². The highest BCUT2D eigenvalue weighted by atomic mass is 79.9. The number of nitrogens with two attached hydrogens (primary N) is 1. The molecular weight excluding hydrogens is 288 g/mol. The lowest BCUT2D eigenvalue weighted by molar-refractivity contribution is 0.520. The molecule has 1 unspecified atom stereocenters. The van der Waals surface area contributed by atoms with Crippen LogP contribution in [0.3, 0.4) is 0 Å². The van der Waals surface area contributed by atoms with Crippen molar-refractivity contribution in [3.63, 3.8) is 0 Å². The van der Waals surface area contributed by atoms with E-state index in [-0.39, 0.29) is 5.54 Å². The molecule has 1 heterocycles. The summed E-state index contributed by atoms with van der Waals surface area (Å²) in [6.45, 7) is 0. The molecular formula is C12H12BrClN2. The van der Waals surface area contributed by atoms with Gasteiger partial charge in [-0.1, -0.05) is 23.8 Å². The van der Waals surface area contributed by atoms with Gasteiger partial charge in [0.15, 0.2) is 0 Å². The first kappa shape index (κ1) is 11.8. The number of aromatic nitrogens is 1. The molecule has 2 rings (SSSR count). The zero-order chi connectivity index (χ0) is 11.6. The number of allylic oxidation sites excluding steroid dienone is 2. The molecule has 0 saturated heterocycles. The molecule has 0 spiro atoms. The van der Waals surface area contributed by atoms with Gasteiger partial charge in [-0.2, -0.15) is 0 Å². The van der Waals surface area contributed by atoms with Crippen LogP contribution in [0.4, 0.5) is 0 Å². The molecule has 84 valence electrons. The van der Waals surface area contributed by atoms with E-state index in [0.29, 0.717) is 0 Å². The summed E-state index contributed by atoms with van der Waals surface area (Å²) in [5.74, 6) is 0. The highest BCUT2D eigenvalue weighted by Gasteiger charge is 2.23. The standard InChI is InChI=1S/C12H12BrClN2/c13-9-1-2-11(16-8-9)7-12(15)5-3-10(14)4-6-12/h1-5,8H,6-7,15H2. The van der Waals surface area contributed by atoms with E-state index in [1.807, 2.05) is 30.4 Å². The number of hydrogen-bond acceptors (Lipinski definition) is 2. The number of halogens is 2. The Bertz CT molecular complexity index is 439. The van der Waals surface area contributed by atoms with E-state index in [1.165, 1.54) is 0 Å². The second kappa shape index (κ2) is 4.70. The van der Waals surface area contributed by atoms with Gasteiger partial charge in [-0.25, -0.2) is 0 Å². The Kier molecular flexibility index (Phi) is 3.47. The van der Waals surface area contributed by atoms with Gasteiger partial charge < -0.3 is 5.73 Å². The third-order valence-electron chi connectivity index (χ3n) is 2.55. The Labute approximate surface area is 108 Å². The highest BCUT2D eigenvalue weighted by Crippen LogP contribution is 2.24. The molecule has 0 radical (unpaired) electrons. The van der Waals surface area contributed by atoms with Crippen molar-refractivity contribution in [2.75, 3.05) is 0 Å². The number of pyridine rings is 1. The largest absolute Gasteiger partial charge is 0.321 e. The molecule has 0 amide bonds. The average Bonchev–Trinajstić information content (AvgIpc) is 2.27. The van der Waals surface area contributed by atoms with Crippen molar-refractivity contribution in [1.82, 2.24) is 4.98 Å². The Morgan fingerprint density at radius 3 is 2.88 bits per heavy atom. The van der Waals surface area contributed by atoms with Crippen LogP contribution in [0.1, 0.15) is 12.1 Å². The molecule has 0 aromatic carbocycles. The van der Waals surface area contributed by atoms with Crippen LogP contribution in [0.5, 0.6) is 0 Å². The minimum absolute atomic E-state index is 0.362. The molecule has 4 heteroatoms. The van der Waals surface area contributed by atoms with Crippen molar-refractivity contribution in [3.05, 3.63) is 51.8 Å². The van der Waals surface area contributed by atoms with E-state index in [9.17, 15) is 0 Å². The fraction of sp³-hybridized carbons (Fsp3) is 0.250. The van der Waals surface area contributed by atoms with E-state index in [2.05, 4.69) is 20.9 Å². The number of rotatable bonds is 2. The van der Waals surface area contributed by atoms with E-state index in [1.54, 1.807) is 6.20 Å². The maximum atomic E-state index is 6.25. The fourth-order valence-electron chi connectivity index (χ4n) is 1.65. The lowest BCUT2D eigenvalue weighted by Gasteiger charge is -2.26. The summed E-state index contributed by atoms with van der Waals surface area (Å²) in [5.41, 5.74) is 6.88. The van der Waals surface area contributed by atoms with Crippen LogP contribution in [0, 0.1) is 0 Å². The lowest BCUT2D eigenvalue weighted by atomic mass is 9.87. The van der Waals surface area contributed by atoms with Gasteiger partial charge in [0.2, 0.25) is 0 Å². The van der Waals surface area contributed by atoms with E-state index in [4.69, 9.17) is 17.3 Å². The maximum absolute atomic E-state index is 6.25. The molecule has 1 aromatic heterocycles. The Morgan fingerprint density at radius 1 is 1.50 bits per heavy atom. The monoisotopic (exact) mass is 298 g/mol. The van der Waals surface area contributed by atoms with Gasteiger partial charge in [-0.3, -0.25) is 4.98 Å². The van der Waals surface area contributed by atoms with Gasteiger partial charge in [0.25, 0.3) is 0 Å². The Balaban J connectivity index is 2.10. The first-order valence-corrected chi connectivity index (χ1v) is 6.19. The third kappa shape index (κ3) is 2.94. The normalized spacial score (nSPS) is 24.3. The highest BCUT2D eigenvalue weighted by molar-refractivity contribution is 9.10. The quantitative estimate of drug-likeness (QED) is 0.911. The SMILES string of the molecule is NC1(Cc2ccc(Br)cn2)C=CC(Cl)=CC1. The van der Waals surface area contributed by atoms with Crippen molar-refractivity contribution in [2.24, 2.45) is 5.73 Å². The van der Waals surface area contributed by atoms with E-state index < -0.39 is 0 Å². The topological polar surface area (TPSA) is 38.9 Å². The third-order valence-corrected chi connectivity index (χ3v) is 3.30. The smallest absolute Gasteiger partial charge is 0.0434 e. The first-order chi connectivity index (χ1) is 7.57. The maximum Gasteiger partial charge on any atom is 0.0434 e. The van der Waals surface area contributed by atoms with Gasteiger partial charge in [0, 0.05) is 33.4 Å². The van der Waals surface area contributed by atoms with Crippen LogP contribution in [0.2, 0.25) is 0 Å². The number of nitrogens with zero attached hydrogens (tertiary/aromatic N) is 1. The van der Waals surface area contributed by atoms with Crippen LogP contribution >= 0.6 is 27.5 Å². The lowest BCUT2D eigenvalue weighted by Crippen LogP contribution is -2.40. The van der Waals surface area contributed by atoms with Crippen molar-refractivity contribution in [1.29, 1.82) is 0 Å². The van der Waals surface area contributed by atoms with Crippen molar-refractivity contribution in [2.45, 2.75) is 18.4 Å². The second-order valence-corrected chi connectivity index (χ2v) is 5.36. The summed E-state index contributed by atoms with van der Waals surface area (Å²) in [7, 11) is 0. The fourth-order valence-corrected chi connectivity index (χ4v) is 2.02. The summed E-state index contributed by atoms with van der Waals surface area (Å²) >= 11 is 9.22. The zero-order valence-electron chi connectivity index (χ0n) is 8.66. The van der Waals surface area contributed by atoms with Crippen molar-refractivity contribution >= 4 is 27.5 Å². The van der Waals surface area contributed by atoms with Crippen LogP contribution < -0.4 is 5.73 Å². The molecule has 0 saturated carbocycles. The van der Waals surface area contributed by atoms with Crippen LogP contribution in [-0.2, 0) is 6.42 Å². The van der Waals surface area contributed by atoms with Gasteiger partial charge in [0.05, 0.1) is 0 Å². The molecule has 1 aromatic rings. The van der Waals surface area contributed by atoms with Crippen LogP contribution in [0.25, 0.3) is 0 Å². The first-order valence-electron chi connectivity index (χ1n) is 5.02. The summed E-state index contributed by atoms with van der Waals surface area (Å²) in [4.78, 5) is 4.32. The molecule has 2 N–H and O–H groups in total. The van der Waals surface area contributed by atoms with Gasteiger partial charge >= 0.3 is 0 Å². The molecule has 0 fully saturated rings. The minimum atomic E-state index is -0.362. The molecule has 2 nitrogen and oxygen atoms in total. The van der Waals surface area contributed by atoms with E-state index in [0.717, 1.165) is 28.0 Å². The Hall–Kier alpha value is -0.640. The molecule has 0 aliphatic heterocycles. The molecule has 0 bridgehead atoms. The zero-order valence-corrected chi connectivity index (χ0v) is 11.0. The molecule has 16 heavy (non-hydrogen) atoms. The van der Waals surface area contributed by atoms with Gasteiger partial charge in [-0.05, 0) is 40.6 Å². The minimum Gasteiger partial charge on any atom is -0.321 e. The second-order valence-electron chi connectivity index (χ2n) is 4.00. The molecule has 1 aliphatic carbocycles. The average molecular weight is 300 g/mol. The molecule has 1 atom stereocenters.